The van der Waals surface area contributed by atoms with Gasteiger partial charge in [0.2, 0.25) is 0 Å². The summed E-state index contributed by atoms with van der Waals surface area (Å²) in [7, 11) is 0. The number of rotatable bonds is 4. The van der Waals surface area contributed by atoms with Gasteiger partial charge >= 0.3 is 6.03 Å². The van der Waals surface area contributed by atoms with Gasteiger partial charge in [-0.15, -0.1) is 0 Å². The van der Waals surface area contributed by atoms with E-state index in [1.54, 1.807) is 6.92 Å². The van der Waals surface area contributed by atoms with Gasteiger partial charge in [0.1, 0.15) is 11.4 Å². The molecule has 1 aliphatic heterocycles. The molecule has 1 fully saturated rings. The third-order valence-corrected chi connectivity index (χ3v) is 4.30. The van der Waals surface area contributed by atoms with Crippen LogP contribution in [0.25, 0.3) is 0 Å². The van der Waals surface area contributed by atoms with Crippen molar-refractivity contribution in [1.82, 2.24) is 10.5 Å². The molecule has 6 heteroatoms. The molecule has 0 bridgehead atoms. The van der Waals surface area contributed by atoms with Gasteiger partial charge < -0.3 is 19.9 Å². The van der Waals surface area contributed by atoms with Crippen LogP contribution in [0.3, 0.4) is 0 Å². The Morgan fingerprint density at radius 1 is 1.33 bits per heavy atom. The number of benzene rings is 1. The van der Waals surface area contributed by atoms with E-state index >= 15 is 0 Å². The number of amides is 2. The van der Waals surface area contributed by atoms with Gasteiger partial charge in [0, 0.05) is 12.6 Å². The zero-order valence-corrected chi connectivity index (χ0v) is 14.0. The SMILES string of the molecule is CCc1noc(C)c1NC(=O)N[C@@H]1CCO[C@H](c2ccccc2)C1. The van der Waals surface area contributed by atoms with Gasteiger partial charge in [-0.2, -0.15) is 0 Å². The van der Waals surface area contributed by atoms with Crippen LogP contribution in [0.1, 0.15) is 42.9 Å². The van der Waals surface area contributed by atoms with Crippen molar-refractivity contribution in [3.05, 3.63) is 47.3 Å². The zero-order chi connectivity index (χ0) is 16.9. The topological polar surface area (TPSA) is 76.4 Å². The fourth-order valence-corrected chi connectivity index (χ4v) is 2.98. The van der Waals surface area contributed by atoms with Crippen molar-refractivity contribution in [2.75, 3.05) is 11.9 Å². The highest BCUT2D eigenvalue weighted by atomic mass is 16.5. The molecule has 2 heterocycles. The van der Waals surface area contributed by atoms with Crippen molar-refractivity contribution in [3.63, 3.8) is 0 Å². The van der Waals surface area contributed by atoms with Crippen molar-refractivity contribution in [3.8, 4) is 0 Å². The largest absolute Gasteiger partial charge is 0.373 e. The maximum absolute atomic E-state index is 12.3. The van der Waals surface area contributed by atoms with Crippen LogP contribution in [0.15, 0.2) is 34.9 Å². The lowest BCUT2D eigenvalue weighted by Crippen LogP contribution is -2.42. The minimum absolute atomic E-state index is 0.0220. The molecule has 2 atom stereocenters. The van der Waals surface area contributed by atoms with Crippen LogP contribution in [-0.2, 0) is 11.2 Å². The molecule has 2 N–H and O–H groups in total. The quantitative estimate of drug-likeness (QED) is 0.899. The standard InChI is InChI=1S/C18H23N3O3/c1-3-15-17(12(2)24-21-15)20-18(22)19-14-9-10-23-16(11-14)13-7-5-4-6-8-13/h4-8,14,16H,3,9-11H2,1-2H3,(H2,19,20,22)/t14-,16+/m1/s1. The number of anilines is 1. The molecule has 3 rings (SSSR count). The summed E-state index contributed by atoms with van der Waals surface area (Å²) in [6, 6.07) is 9.96. The average Bonchev–Trinajstić information content (AvgIpc) is 2.96. The fourth-order valence-electron chi connectivity index (χ4n) is 2.98. The molecule has 1 aliphatic rings. The maximum atomic E-state index is 12.3. The summed E-state index contributed by atoms with van der Waals surface area (Å²) in [5.41, 5.74) is 2.58. The van der Waals surface area contributed by atoms with Crippen LogP contribution in [0.4, 0.5) is 10.5 Å². The summed E-state index contributed by atoms with van der Waals surface area (Å²) >= 11 is 0. The van der Waals surface area contributed by atoms with Crippen molar-refractivity contribution < 1.29 is 14.1 Å². The molecule has 0 unspecified atom stereocenters. The Morgan fingerprint density at radius 3 is 2.88 bits per heavy atom. The summed E-state index contributed by atoms with van der Waals surface area (Å²) in [5.74, 6) is 0.621. The Morgan fingerprint density at radius 2 is 2.12 bits per heavy atom. The van der Waals surface area contributed by atoms with E-state index in [2.05, 4.69) is 27.9 Å². The van der Waals surface area contributed by atoms with Gasteiger partial charge in [-0.25, -0.2) is 4.79 Å². The molecular weight excluding hydrogens is 306 g/mol. The van der Waals surface area contributed by atoms with Crippen molar-refractivity contribution in [2.24, 2.45) is 0 Å². The van der Waals surface area contributed by atoms with Crippen LogP contribution < -0.4 is 10.6 Å². The summed E-state index contributed by atoms with van der Waals surface area (Å²) in [6.45, 7) is 4.40. The molecule has 1 aromatic carbocycles. The van der Waals surface area contributed by atoms with Gasteiger partial charge in [0.05, 0.1) is 6.10 Å². The molecule has 0 radical (unpaired) electrons. The van der Waals surface area contributed by atoms with Gasteiger partial charge in [0.25, 0.3) is 0 Å². The number of urea groups is 1. The van der Waals surface area contributed by atoms with E-state index in [1.807, 2.05) is 25.1 Å². The average molecular weight is 329 g/mol. The minimum atomic E-state index is -0.227. The number of nitrogens with zero attached hydrogens (tertiary/aromatic N) is 1. The number of aryl methyl sites for hydroxylation is 2. The summed E-state index contributed by atoms with van der Waals surface area (Å²) in [5, 5.41) is 9.85. The van der Waals surface area contributed by atoms with Gasteiger partial charge in [0.15, 0.2) is 5.76 Å². The summed E-state index contributed by atoms with van der Waals surface area (Å²) in [6.07, 6.45) is 2.30. The maximum Gasteiger partial charge on any atom is 0.319 e. The number of aromatic nitrogens is 1. The van der Waals surface area contributed by atoms with Crippen LogP contribution in [-0.4, -0.2) is 23.8 Å². The highest BCUT2D eigenvalue weighted by molar-refractivity contribution is 5.90. The summed E-state index contributed by atoms with van der Waals surface area (Å²) < 4.78 is 11.0. The van der Waals surface area contributed by atoms with E-state index < -0.39 is 0 Å². The molecule has 6 nitrogen and oxygen atoms in total. The second kappa shape index (κ2) is 7.49. The van der Waals surface area contributed by atoms with E-state index in [1.165, 1.54) is 0 Å². The van der Waals surface area contributed by atoms with Crippen LogP contribution in [0, 0.1) is 6.92 Å². The molecule has 24 heavy (non-hydrogen) atoms. The Bertz CT molecular complexity index is 684. The van der Waals surface area contributed by atoms with E-state index in [0.717, 1.165) is 24.1 Å². The first-order valence-corrected chi connectivity index (χ1v) is 8.36. The zero-order valence-electron chi connectivity index (χ0n) is 14.0. The lowest BCUT2D eigenvalue weighted by Gasteiger charge is -2.30. The van der Waals surface area contributed by atoms with Crippen molar-refractivity contribution in [2.45, 2.75) is 45.3 Å². The second-order valence-corrected chi connectivity index (χ2v) is 6.00. The predicted molar refractivity (Wildman–Crippen MR) is 90.9 cm³/mol. The van der Waals surface area contributed by atoms with E-state index in [0.29, 0.717) is 24.5 Å². The fraction of sp³-hybridized carbons (Fsp3) is 0.444. The van der Waals surface area contributed by atoms with Gasteiger partial charge in [-0.3, -0.25) is 0 Å². The smallest absolute Gasteiger partial charge is 0.319 e. The third kappa shape index (κ3) is 3.76. The molecule has 2 amide bonds. The molecular formula is C18H23N3O3. The highest BCUT2D eigenvalue weighted by Gasteiger charge is 2.25. The first kappa shape index (κ1) is 16.5. The van der Waals surface area contributed by atoms with E-state index in [4.69, 9.17) is 9.26 Å². The molecule has 2 aromatic rings. The van der Waals surface area contributed by atoms with E-state index in [9.17, 15) is 4.79 Å². The lowest BCUT2D eigenvalue weighted by molar-refractivity contribution is 0.00253. The van der Waals surface area contributed by atoms with Crippen LogP contribution >= 0.6 is 0 Å². The molecule has 0 aliphatic carbocycles. The number of hydrogen-bond acceptors (Lipinski definition) is 4. The van der Waals surface area contributed by atoms with Gasteiger partial charge in [-0.05, 0) is 31.7 Å². The predicted octanol–water partition coefficient (Wildman–Crippen LogP) is 3.59. The Kier molecular flexibility index (Phi) is 5.15. The van der Waals surface area contributed by atoms with E-state index in [-0.39, 0.29) is 18.2 Å². The summed E-state index contributed by atoms with van der Waals surface area (Å²) in [4.78, 5) is 12.3. The Hall–Kier alpha value is -2.34. The number of hydrogen-bond donors (Lipinski definition) is 2. The van der Waals surface area contributed by atoms with Crippen molar-refractivity contribution in [1.29, 1.82) is 0 Å². The molecule has 128 valence electrons. The number of ether oxygens (including phenoxy) is 1. The monoisotopic (exact) mass is 329 g/mol. The first-order chi connectivity index (χ1) is 11.7. The number of nitrogens with one attached hydrogen (secondary N) is 2. The Labute approximate surface area is 141 Å². The lowest BCUT2D eigenvalue weighted by atomic mass is 9.97. The number of carbonyl (C=O) groups excluding carboxylic acids is 1. The van der Waals surface area contributed by atoms with Crippen molar-refractivity contribution >= 4 is 11.7 Å². The molecule has 1 saturated heterocycles. The molecule has 1 aromatic heterocycles. The Balaban J connectivity index is 1.59. The molecule has 0 saturated carbocycles. The van der Waals surface area contributed by atoms with Gasteiger partial charge in [-0.1, -0.05) is 42.4 Å². The first-order valence-electron chi connectivity index (χ1n) is 8.36. The second-order valence-electron chi connectivity index (χ2n) is 6.00. The van der Waals surface area contributed by atoms with Crippen LogP contribution in [0.2, 0.25) is 0 Å². The third-order valence-electron chi connectivity index (χ3n) is 4.30. The number of carbonyl (C=O) groups is 1. The molecule has 0 spiro atoms. The normalized spacial score (nSPS) is 20.6. The minimum Gasteiger partial charge on any atom is -0.373 e. The van der Waals surface area contributed by atoms with Crippen LogP contribution in [0.5, 0.6) is 0 Å². The highest BCUT2D eigenvalue weighted by Crippen LogP contribution is 2.28.